The third-order valence-electron chi connectivity index (χ3n) is 3.46. The van der Waals surface area contributed by atoms with Crippen molar-refractivity contribution in [2.45, 2.75) is 65.7 Å². The fourth-order valence-corrected chi connectivity index (χ4v) is 2.42. The molecule has 0 aromatic rings. The number of hydrogen-bond donors (Lipinski definition) is 1. The van der Waals surface area contributed by atoms with Crippen LogP contribution in [-0.4, -0.2) is 6.54 Å². The molecule has 0 bridgehead atoms. The summed E-state index contributed by atoms with van der Waals surface area (Å²) in [5.74, 6) is 0.696. The average Bonchev–Trinajstić information content (AvgIpc) is 2.39. The van der Waals surface area contributed by atoms with E-state index >= 15 is 0 Å². The maximum atomic E-state index is 4.18. The maximum Gasteiger partial charge on any atom is 0.0178 e. The summed E-state index contributed by atoms with van der Waals surface area (Å²) in [6.45, 7) is 19.5. The van der Waals surface area contributed by atoms with E-state index in [4.69, 9.17) is 0 Å². The van der Waals surface area contributed by atoms with Crippen LogP contribution in [-0.2, 0) is 0 Å². The van der Waals surface area contributed by atoms with Crippen LogP contribution in [0.15, 0.2) is 48.7 Å². The first-order chi connectivity index (χ1) is 9.95. The Morgan fingerprint density at radius 2 is 1.76 bits per heavy atom. The lowest BCUT2D eigenvalue weighted by molar-refractivity contribution is 0.447. The third kappa shape index (κ3) is 13.5. The van der Waals surface area contributed by atoms with Crippen molar-refractivity contribution in [1.29, 1.82) is 0 Å². The number of rotatable bonds is 13. The summed E-state index contributed by atoms with van der Waals surface area (Å²) >= 11 is 0. The Bertz CT molecular complexity index is 349. The minimum atomic E-state index is 0.696. The van der Waals surface area contributed by atoms with Gasteiger partial charge in [-0.15, -0.1) is 6.58 Å². The minimum absolute atomic E-state index is 0.696. The second-order valence-electron chi connectivity index (χ2n) is 6.33. The molecule has 1 N–H and O–H groups in total. The SMILES string of the molecule is C=C(C)C/C=C\CCNC(=C)CC(CCCC)CC(=C)C. The summed E-state index contributed by atoms with van der Waals surface area (Å²) in [4.78, 5) is 0. The fourth-order valence-electron chi connectivity index (χ4n) is 2.42. The highest BCUT2D eigenvalue weighted by molar-refractivity contribution is 5.00. The van der Waals surface area contributed by atoms with Crippen LogP contribution in [0.1, 0.15) is 65.7 Å². The van der Waals surface area contributed by atoms with Crippen molar-refractivity contribution >= 4 is 0 Å². The van der Waals surface area contributed by atoms with Gasteiger partial charge < -0.3 is 5.32 Å². The normalized spacial score (nSPS) is 12.3. The standard InChI is InChI=1S/C20H35N/c1-7-8-13-20(15-18(4)5)16-19(6)21-14-11-9-10-12-17(2)3/h9-10,20-21H,2,4,6-8,11-16H2,1,3,5H3/b10-9-. The summed E-state index contributed by atoms with van der Waals surface area (Å²) in [5, 5.41) is 3.45. The Labute approximate surface area is 132 Å². The number of allylic oxidation sites excluding steroid dienone is 4. The van der Waals surface area contributed by atoms with E-state index in [9.17, 15) is 0 Å². The Morgan fingerprint density at radius 3 is 2.33 bits per heavy atom. The Hall–Kier alpha value is -1.24. The molecule has 0 heterocycles. The van der Waals surface area contributed by atoms with Gasteiger partial charge in [-0.25, -0.2) is 0 Å². The lowest BCUT2D eigenvalue weighted by Crippen LogP contribution is -2.16. The first-order valence-electron chi connectivity index (χ1n) is 8.31. The summed E-state index contributed by atoms with van der Waals surface area (Å²) < 4.78 is 0. The van der Waals surface area contributed by atoms with Gasteiger partial charge in [-0.2, -0.15) is 0 Å². The molecule has 0 radical (unpaired) electrons. The lowest BCUT2D eigenvalue weighted by Gasteiger charge is -2.19. The van der Waals surface area contributed by atoms with E-state index in [2.05, 4.69) is 58.0 Å². The van der Waals surface area contributed by atoms with Gasteiger partial charge in [0.15, 0.2) is 0 Å². The Kier molecular flexibility index (Phi) is 11.8. The van der Waals surface area contributed by atoms with Crippen molar-refractivity contribution < 1.29 is 0 Å². The molecule has 0 saturated carbocycles. The van der Waals surface area contributed by atoms with Crippen LogP contribution >= 0.6 is 0 Å². The van der Waals surface area contributed by atoms with Crippen LogP contribution < -0.4 is 5.32 Å². The van der Waals surface area contributed by atoms with Crippen LogP contribution in [0.5, 0.6) is 0 Å². The van der Waals surface area contributed by atoms with Crippen LogP contribution in [0.25, 0.3) is 0 Å². The second-order valence-corrected chi connectivity index (χ2v) is 6.33. The topological polar surface area (TPSA) is 12.0 Å². The summed E-state index contributed by atoms with van der Waals surface area (Å²) in [7, 11) is 0. The molecule has 1 nitrogen and oxygen atoms in total. The van der Waals surface area contributed by atoms with Crippen molar-refractivity contribution in [2.75, 3.05) is 6.54 Å². The van der Waals surface area contributed by atoms with Crippen LogP contribution in [0, 0.1) is 5.92 Å². The molecule has 1 atom stereocenters. The zero-order valence-electron chi connectivity index (χ0n) is 14.5. The highest BCUT2D eigenvalue weighted by Gasteiger charge is 2.10. The summed E-state index contributed by atoms with van der Waals surface area (Å²) in [6.07, 6.45) is 12.5. The van der Waals surface area contributed by atoms with Gasteiger partial charge in [0.25, 0.3) is 0 Å². The molecule has 120 valence electrons. The summed E-state index contributed by atoms with van der Waals surface area (Å²) in [6, 6.07) is 0. The number of hydrogen-bond acceptors (Lipinski definition) is 1. The van der Waals surface area contributed by atoms with Gasteiger partial charge in [0.2, 0.25) is 0 Å². The molecule has 0 amide bonds. The fraction of sp³-hybridized carbons (Fsp3) is 0.600. The number of nitrogens with one attached hydrogen (secondary N) is 1. The van der Waals surface area contributed by atoms with Crippen molar-refractivity contribution in [3.63, 3.8) is 0 Å². The first kappa shape index (κ1) is 19.8. The smallest absolute Gasteiger partial charge is 0.0178 e. The largest absolute Gasteiger partial charge is 0.388 e. The van der Waals surface area contributed by atoms with E-state index in [1.807, 2.05) is 0 Å². The van der Waals surface area contributed by atoms with Crippen LogP contribution in [0.3, 0.4) is 0 Å². The molecule has 0 saturated heterocycles. The van der Waals surface area contributed by atoms with Gasteiger partial charge in [-0.05, 0) is 51.9 Å². The monoisotopic (exact) mass is 289 g/mol. The molecule has 0 rings (SSSR count). The quantitative estimate of drug-likeness (QED) is 0.316. The molecular weight excluding hydrogens is 254 g/mol. The Morgan fingerprint density at radius 1 is 1.05 bits per heavy atom. The molecule has 0 aliphatic carbocycles. The molecular formula is C20H35N. The van der Waals surface area contributed by atoms with Crippen LogP contribution in [0.2, 0.25) is 0 Å². The van der Waals surface area contributed by atoms with E-state index < -0.39 is 0 Å². The van der Waals surface area contributed by atoms with Crippen molar-refractivity contribution in [3.05, 3.63) is 48.7 Å². The van der Waals surface area contributed by atoms with Gasteiger partial charge in [0, 0.05) is 12.2 Å². The van der Waals surface area contributed by atoms with E-state index in [0.29, 0.717) is 5.92 Å². The molecule has 1 unspecified atom stereocenters. The highest BCUT2D eigenvalue weighted by Crippen LogP contribution is 2.23. The van der Waals surface area contributed by atoms with E-state index in [1.54, 1.807) is 0 Å². The van der Waals surface area contributed by atoms with Gasteiger partial charge in [0.05, 0.1) is 0 Å². The zero-order chi connectivity index (χ0) is 16.1. The van der Waals surface area contributed by atoms with Crippen molar-refractivity contribution in [2.24, 2.45) is 5.92 Å². The predicted molar refractivity (Wildman–Crippen MR) is 97.4 cm³/mol. The minimum Gasteiger partial charge on any atom is -0.388 e. The lowest BCUT2D eigenvalue weighted by atomic mass is 9.91. The molecule has 21 heavy (non-hydrogen) atoms. The van der Waals surface area contributed by atoms with Gasteiger partial charge in [-0.1, -0.05) is 56.2 Å². The number of unbranched alkanes of at least 4 members (excludes halogenated alkanes) is 1. The van der Waals surface area contributed by atoms with Gasteiger partial charge >= 0.3 is 0 Å². The predicted octanol–water partition coefficient (Wildman–Crippen LogP) is 6.16. The summed E-state index contributed by atoms with van der Waals surface area (Å²) in [5.41, 5.74) is 3.67. The molecule has 1 heteroatoms. The van der Waals surface area contributed by atoms with Crippen LogP contribution in [0.4, 0.5) is 0 Å². The molecule has 0 aliphatic rings. The van der Waals surface area contributed by atoms with Gasteiger partial charge in [-0.3, -0.25) is 0 Å². The Balaban J connectivity index is 3.93. The zero-order valence-corrected chi connectivity index (χ0v) is 14.5. The second kappa shape index (κ2) is 12.5. The van der Waals surface area contributed by atoms with Crippen molar-refractivity contribution in [1.82, 2.24) is 5.32 Å². The molecule has 0 aliphatic heterocycles. The van der Waals surface area contributed by atoms with Crippen molar-refractivity contribution in [3.8, 4) is 0 Å². The molecule has 0 fully saturated rings. The van der Waals surface area contributed by atoms with E-state index in [1.165, 1.54) is 36.1 Å². The molecule has 0 aromatic heterocycles. The molecule has 0 aromatic carbocycles. The average molecular weight is 290 g/mol. The third-order valence-corrected chi connectivity index (χ3v) is 3.46. The van der Waals surface area contributed by atoms with Gasteiger partial charge in [0.1, 0.15) is 0 Å². The maximum absolute atomic E-state index is 4.18. The highest BCUT2D eigenvalue weighted by atomic mass is 14.9. The van der Waals surface area contributed by atoms with E-state index in [0.717, 1.165) is 32.2 Å². The molecule has 0 spiro atoms. The first-order valence-corrected chi connectivity index (χ1v) is 8.31. The van der Waals surface area contributed by atoms with E-state index in [-0.39, 0.29) is 0 Å².